The number of halogens is 1. The van der Waals surface area contributed by atoms with E-state index >= 15 is 0 Å². The second kappa shape index (κ2) is 6.87. The van der Waals surface area contributed by atoms with E-state index in [1.54, 1.807) is 15.8 Å². The van der Waals surface area contributed by atoms with Gasteiger partial charge in [0, 0.05) is 24.8 Å². The van der Waals surface area contributed by atoms with Gasteiger partial charge in [0.05, 0.1) is 31.5 Å². The molecule has 1 amide bonds. The molecule has 0 aliphatic carbocycles. The third-order valence-electron chi connectivity index (χ3n) is 4.03. The summed E-state index contributed by atoms with van der Waals surface area (Å²) in [5.74, 6) is -0.924. The van der Waals surface area contributed by atoms with Crippen molar-refractivity contribution in [1.29, 1.82) is 0 Å². The number of ether oxygens (including phenoxy) is 1. The summed E-state index contributed by atoms with van der Waals surface area (Å²) < 4.78 is 21.4. The van der Waals surface area contributed by atoms with Crippen molar-refractivity contribution in [3.05, 3.63) is 66.4 Å². The largest absolute Gasteiger partial charge is 0.468 e. The van der Waals surface area contributed by atoms with Crippen LogP contribution >= 0.6 is 0 Å². The van der Waals surface area contributed by atoms with Crippen LogP contribution in [0, 0.1) is 5.82 Å². The molecule has 1 atom stereocenters. The minimum atomic E-state index is -0.552. The van der Waals surface area contributed by atoms with E-state index in [-0.39, 0.29) is 24.0 Å². The molecule has 4 rings (SSSR count). The van der Waals surface area contributed by atoms with Crippen LogP contribution in [-0.4, -0.2) is 48.2 Å². The average Bonchev–Trinajstić information content (AvgIpc) is 3.02. The fourth-order valence-corrected chi connectivity index (χ4v) is 2.83. The lowest BCUT2D eigenvalue weighted by molar-refractivity contribution is 0.0632. The van der Waals surface area contributed by atoms with Gasteiger partial charge in [0.2, 0.25) is 0 Å². The van der Waals surface area contributed by atoms with Crippen molar-refractivity contribution in [1.82, 2.24) is 29.6 Å². The number of nitrogens with zero attached hydrogens (tertiary/aromatic N) is 6. The third-order valence-corrected chi connectivity index (χ3v) is 4.03. The number of hydrogen-bond donors (Lipinski definition) is 0. The molecule has 0 bridgehead atoms. The fraction of sp³-hybridized carbons (Fsp3) is 0.235. The van der Waals surface area contributed by atoms with Gasteiger partial charge in [-0.1, -0.05) is 0 Å². The molecule has 9 heteroatoms. The first-order valence-electron chi connectivity index (χ1n) is 8.04. The Labute approximate surface area is 148 Å². The number of carbonyl (C=O) groups is 1. The second-order valence-electron chi connectivity index (χ2n) is 5.81. The Balaban J connectivity index is 1.61. The molecule has 0 radical (unpaired) electrons. The lowest BCUT2D eigenvalue weighted by Crippen LogP contribution is -2.39. The molecular formula is C17H15FN6O2. The van der Waals surface area contributed by atoms with Crippen LogP contribution in [-0.2, 0) is 13.1 Å². The number of aromatic nitrogens is 5. The van der Waals surface area contributed by atoms with Gasteiger partial charge in [-0.2, -0.15) is 5.10 Å². The average molecular weight is 354 g/mol. The van der Waals surface area contributed by atoms with Gasteiger partial charge < -0.3 is 9.64 Å². The highest BCUT2D eigenvalue weighted by Gasteiger charge is 2.28. The van der Waals surface area contributed by atoms with Crippen LogP contribution in [0.2, 0.25) is 0 Å². The molecule has 1 aliphatic rings. The summed E-state index contributed by atoms with van der Waals surface area (Å²) in [4.78, 5) is 26.3. The maximum absolute atomic E-state index is 13.9. The second-order valence-corrected chi connectivity index (χ2v) is 5.81. The van der Waals surface area contributed by atoms with Gasteiger partial charge in [-0.15, -0.1) is 0 Å². The monoisotopic (exact) mass is 354 g/mol. The SMILES string of the molecule is O=C(c1cnccn1)N1Cc2ccnn2CC(Oc2ncccc2F)C1. The van der Waals surface area contributed by atoms with E-state index in [2.05, 4.69) is 20.1 Å². The molecule has 132 valence electrons. The van der Waals surface area contributed by atoms with Crippen molar-refractivity contribution < 1.29 is 13.9 Å². The van der Waals surface area contributed by atoms with Gasteiger partial charge in [0.1, 0.15) is 11.8 Å². The van der Waals surface area contributed by atoms with E-state index in [0.29, 0.717) is 13.1 Å². The summed E-state index contributed by atoms with van der Waals surface area (Å²) in [6, 6.07) is 4.60. The summed E-state index contributed by atoms with van der Waals surface area (Å²) in [5, 5.41) is 4.25. The third kappa shape index (κ3) is 3.23. The van der Waals surface area contributed by atoms with Crippen LogP contribution in [0.1, 0.15) is 16.2 Å². The lowest BCUT2D eigenvalue weighted by Gasteiger charge is -2.24. The van der Waals surface area contributed by atoms with Crippen molar-refractivity contribution in [3.8, 4) is 5.88 Å². The Morgan fingerprint density at radius 1 is 1.15 bits per heavy atom. The lowest BCUT2D eigenvalue weighted by atomic mass is 10.3. The number of carbonyl (C=O) groups excluding carboxylic acids is 1. The molecule has 0 spiro atoms. The van der Waals surface area contributed by atoms with E-state index in [0.717, 1.165) is 5.69 Å². The van der Waals surface area contributed by atoms with Gasteiger partial charge >= 0.3 is 0 Å². The smallest absolute Gasteiger partial charge is 0.274 e. The van der Waals surface area contributed by atoms with Crippen molar-refractivity contribution >= 4 is 5.91 Å². The normalized spacial score (nSPS) is 16.7. The predicted octanol–water partition coefficient (Wildman–Crippen LogP) is 1.31. The van der Waals surface area contributed by atoms with E-state index in [1.807, 2.05) is 6.07 Å². The Morgan fingerprint density at radius 2 is 2.08 bits per heavy atom. The minimum absolute atomic E-state index is 0.0972. The van der Waals surface area contributed by atoms with Crippen molar-refractivity contribution in [2.24, 2.45) is 0 Å². The fourth-order valence-electron chi connectivity index (χ4n) is 2.83. The van der Waals surface area contributed by atoms with Crippen LogP contribution in [0.4, 0.5) is 4.39 Å². The van der Waals surface area contributed by atoms with Crippen LogP contribution in [0.25, 0.3) is 0 Å². The van der Waals surface area contributed by atoms with Crippen LogP contribution in [0.5, 0.6) is 5.88 Å². The Kier molecular flexibility index (Phi) is 4.26. The van der Waals surface area contributed by atoms with Crippen LogP contribution < -0.4 is 4.74 Å². The molecule has 0 saturated carbocycles. The van der Waals surface area contributed by atoms with E-state index in [4.69, 9.17) is 4.74 Å². The first kappa shape index (κ1) is 16.1. The molecule has 1 aliphatic heterocycles. The van der Waals surface area contributed by atoms with E-state index in [9.17, 15) is 9.18 Å². The van der Waals surface area contributed by atoms with E-state index in [1.165, 1.54) is 36.9 Å². The summed E-state index contributed by atoms with van der Waals surface area (Å²) in [7, 11) is 0. The Morgan fingerprint density at radius 3 is 2.88 bits per heavy atom. The van der Waals surface area contributed by atoms with Crippen molar-refractivity contribution in [2.75, 3.05) is 6.54 Å². The summed E-state index contributed by atoms with van der Waals surface area (Å²) in [5.41, 5.74) is 1.10. The highest BCUT2D eigenvalue weighted by molar-refractivity contribution is 5.91. The molecule has 1 unspecified atom stereocenters. The number of hydrogen-bond acceptors (Lipinski definition) is 6. The van der Waals surface area contributed by atoms with Gasteiger partial charge in [-0.05, 0) is 18.2 Å². The zero-order valence-electron chi connectivity index (χ0n) is 13.7. The number of amides is 1. The molecule has 0 fully saturated rings. The molecule has 4 heterocycles. The number of rotatable bonds is 3. The zero-order valence-corrected chi connectivity index (χ0v) is 13.7. The maximum atomic E-state index is 13.9. The predicted molar refractivity (Wildman–Crippen MR) is 87.6 cm³/mol. The minimum Gasteiger partial charge on any atom is -0.468 e. The molecule has 3 aromatic rings. The van der Waals surface area contributed by atoms with Crippen molar-refractivity contribution in [2.45, 2.75) is 19.2 Å². The summed E-state index contributed by atoms with van der Waals surface area (Å²) >= 11 is 0. The highest BCUT2D eigenvalue weighted by atomic mass is 19.1. The first-order valence-corrected chi connectivity index (χ1v) is 8.04. The Hall–Kier alpha value is -3.36. The van der Waals surface area contributed by atoms with Crippen molar-refractivity contribution in [3.63, 3.8) is 0 Å². The molecule has 3 aromatic heterocycles. The van der Waals surface area contributed by atoms with Gasteiger partial charge in [0.15, 0.2) is 5.82 Å². The molecule has 0 N–H and O–H groups in total. The number of pyridine rings is 1. The van der Waals surface area contributed by atoms with E-state index < -0.39 is 11.9 Å². The maximum Gasteiger partial charge on any atom is 0.274 e. The van der Waals surface area contributed by atoms with Gasteiger partial charge in [0.25, 0.3) is 11.8 Å². The molecule has 8 nitrogen and oxygen atoms in total. The van der Waals surface area contributed by atoms with Crippen LogP contribution in [0.3, 0.4) is 0 Å². The Bertz CT molecular complexity index is 916. The zero-order chi connectivity index (χ0) is 17.9. The standard InChI is InChI=1S/C17H15FN6O2/c18-14-2-1-4-21-16(14)26-13-10-23(9-12-3-5-22-24(12)11-13)17(25)15-8-19-6-7-20-15/h1-8,13H,9-11H2. The summed E-state index contributed by atoms with van der Waals surface area (Å²) in [6.45, 7) is 0.970. The number of fused-ring (bicyclic) bond motifs is 1. The first-order chi connectivity index (χ1) is 12.7. The van der Waals surface area contributed by atoms with Crippen LogP contribution in [0.15, 0.2) is 49.2 Å². The topological polar surface area (TPSA) is 86.0 Å². The van der Waals surface area contributed by atoms with Gasteiger partial charge in [-0.3, -0.25) is 14.5 Å². The molecule has 0 saturated heterocycles. The molecule has 0 aromatic carbocycles. The molecule has 26 heavy (non-hydrogen) atoms. The highest BCUT2D eigenvalue weighted by Crippen LogP contribution is 2.19. The molecular weight excluding hydrogens is 339 g/mol. The summed E-state index contributed by atoms with van der Waals surface area (Å²) in [6.07, 6.45) is 6.98. The van der Waals surface area contributed by atoms with Gasteiger partial charge in [-0.25, -0.2) is 14.4 Å². The quantitative estimate of drug-likeness (QED) is 0.705.